The molecule has 88 heavy (non-hydrogen) atoms. The van der Waals surface area contributed by atoms with Gasteiger partial charge in [0.2, 0.25) is 6.71 Å². The van der Waals surface area contributed by atoms with Crippen LogP contribution < -0.4 is 16.4 Å². The van der Waals surface area contributed by atoms with E-state index in [4.69, 9.17) is 0 Å². The van der Waals surface area contributed by atoms with Gasteiger partial charge in [0.1, 0.15) is 0 Å². The Kier molecular flexibility index (Phi) is 10.6. The zero-order chi connectivity index (χ0) is 58.0. The molecule has 0 saturated carbocycles. The molecule has 6 aromatic heterocycles. The monoisotopic (exact) mass is 1160 g/mol. The third-order valence-electron chi connectivity index (χ3n) is 19.1. The molecular weight excluding hydrogens is 1100 g/mol. The van der Waals surface area contributed by atoms with Crippen LogP contribution in [0.15, 0.2) is 267 Å². The second kappa shape index (κ2) is 18.8. The van der Waals surface area contributed by atoms with Crippen molar-refractivity contribution in [1.29, 1.82) is 0 Å². The van der Waals surface area contributed by atoms with Gasteiger partial charge in [-0.15, -0.1) is 22.7 Å². The fourth-order valence-corrected chi connectivity index (χ4v) is 17.7. The highest BCUT2D eigenvalue weighted by atomic mass is 32.1. The fraction of sp³-hybridized carbons (Fsp3) is 0.0370. The van der Waals surface area contributed by atoms with Crippen molar-refractivity contribution in [1.82, 2.24) is 18.3 Å². The van der Waals surface area contributed by atoms with Gasteiger partial charge in [0.05, 0.1) is 44.1 Å². The molecule has 0 bridgehead atoms. The van der Waals surface area contributed by atoms with Crippen molar-refractivity contribution in [3.8, 4) is 22.7 Å². The van der Waals surface area contributed by atoms with E-state index in [-0.39, 0.29) is 6.71 Å². The Morgan fingerprint density at radius 1 is 0.239 bits per heavy atom. The van der Waals surface area contributed by atoms with Crippen LogP contribution in [0.2, 0.25) is 0 Å². The van der Waals surface area contributed by atoms with Crippen molar-refractivity contribution < 1.29 is 0 Å². The summed E-state index contributed by atoms with van der Waals surface area (Å²) in [6, 6.07) is 101. The predicted octanol–water partition coefficient (Wildman–Crippen LogP) is 20.3. The Bertz CT molecular complexity index is 5820. The van der Waals surface area contributed by atoms with Crippen LogP contribution in [0.25, 0.3) is 150 Å². The van der Waals surface area contributed by atoms with Crippen molar-refractivity contribution in [2.24, 2.45) is 0 Å². The minimum Gasteiger partial charge on any atom is -0.309 e. The third kappa shape index (κ3) is 7.20. The van der Waals surface area contributed by atoms with Gasteiger partial charge < -0.3 is 18.3 Å². The highest BCUT2D eigenvalue weighted by Gasteiger charge is 2.29. The zero-order valence-electron chi connectivity index (χ0n) is 48.6. The Hall–Kier alpha value is -10.4. The summed E-state index contributed by atoms with van der Waals surface area (Å²) in [7, 11) is 0. The maximum absolute atomic E-state index is 2.52. The van der Waals surface area contributed by atoms with Crippen molar-refractivity contribution in [3.63, 3.8) is 0 Å². The van der Waals surface area contributed by atoms with E-state index in [1.165, 1.54) is 172 Å². The molecule has 0 aliphatic rings. The van der Waals surface area contributed by atoms with Crippen LogP contribution in [0.1, 0.15) is 16.7 Å². The van der Waals surface area contributed by atoms with Crippen molar-refractivity contribution in [2.75, 3.05) is 0 Å². The van der Waals surface area contributed by atoms with Crippen LogP contribution in [0, 0.1) is 20.8 Å². The summed E-state index contributed by atoms with van der Waals surface area (Å²) in [4.78, 5) is 0. The molecule has 0 N–H and O–H groups in total. The molecule has 0 unspecified atom stereocenters. The number of benzene rings is 13. The van der Waals surface area contributed by atoms with Crippen LogP contribution in [0.4, 0.5) is 0 Å². The molecule has 412 valence electrons. The number of nitrogens with zero attached hydrogens (tertiary/aromatic N) is 4. The molecule has 0 radical (unpaired) electrons. The normalized spacial score (nSPS) is 12.3. The fourth-order valence-electron chi connectivity index (χ4n) is 15.5. The summed E-state index contributed by atoms with van der Waals surface area (Å²) in [5, 5.41) is 15.2. The van der Waals surface area contributed by atoms with Crippen LogP contribution in [0.5, 0.6) is 0 Å². The molecule has 0 spiro atoms. The standard InChI is InChI=1S/C81H53BN4S2/c1-48-38-49(2)81(50(3)39-48)82(51-18-16-20-53(40-51)83-69-28-10-4-22-57(69)63-44-65-59-24-6-12-30-71(59)85(75(65)46-73(63)83)55-34-36-79-67(42-55)61-26-8-14-32-77(61)87-79)52-19-17-21-54(41-52)84-70-29-11-5-23-58(70)64-45-66-60-25-7-13-31-72(60)86(76(66)47-74(64)84)56-35-37-80-68(43-56)62-27-9-15-33-78(62)88-80/h4-47H,1-3H3. The predicted molar refractivity (Wildman–Crippen MR) is 381 cm³/mol. The van der Waals surface area contributed by atoms with E-state index in [0.717, 1.165) is 11.4 Å². The first-order valence-corrected chi connectivity index (χ1v) is 32.0. The first-order valence-electron chi connectivity index (χ1n) is 30.4. The zero-order valence-corrected chi connectivity index (χ0v) is 50.2. The van der Waals surface area contributed by atoms with Gasteiger partial charge >= 0.3 is 0 Å². The van der Waals surface area contributed by atoms with Gasteiger partial charge in [0.25, 0.3) is 0 Å². The number of fused-ring (bicyclic) bond motifs is 18. The van der Waals surface area contributed by atoms with Crippen molar-refractivity contribution in [2.45, 2.75) is 20.8 Å². The van der Waals surface area contributed by atoms with Gasteiger partial charge in [-0.3, -0.25) is 0 Å². The molecule has 7 heteroatoms. The molecule has 6 heterocycles. The topological polar surface area (TPSA) is 19.7 Å². The van der Waals surface area contributed by atoms with Crippen LogP contribution in [-0.4, -0.2) is 25.0 Å². The summed E-state index contributed by atoms with van der Waals surface area (Å²) < 4.78 is 15.3. The molecule has 0 fully saturated rings. The van der Waals surface area contributed by atoms with E-state index in [1.807, 2.05) is 22.7 Å². The highest BCUT2D eigenvalue weighted by Crippen LogP contribution is 2.44. The lowest BCUT2D eigenvalue weighted by Crippen LogP contribution is -2.54. The Morgan fingerprint density at radius 2 is 0.568 bits per heavy atom. The number of aryl methyl sites for hydroxylation is 3. The van der Waals surface area contributed by atoms with E-state index >= 15 is 0 Å². The lowest BCUT2D eigenvalue weighted by atomic mass is 9.35. The van der Waals surface area contributed by atoms with Crippen LogP contribution in [-0.2, 0) is 0 Å². The summed E-state index contributed by atoms with van der Waals surface area (Å²) >= 11 is 3.74. The molecule has 19 aromatic rings. The third-order valence-corrected chi connectivity index (χ3v) is 21.4. The Morgan fingerprint density at radius 3 is 0.955 bits per heavy atom. The van der Waals surface area contributed by atoms with Gasteiger partial charge in [-0.1, -0.05) is 179 Å². The molecule has 0 aliphatic heterocycles. The first kappa shape index (κ1) is 49.8. The molecule has 19 rings (SSSR count). The summed E-state index contributed by atoms with van der Waals surface area (Å²) in [5.74, 6) is 0. The summed E-state index contributed by atoms with van der Waals surface area (Å²) in [5.41, 5.74) is 21.8. The number of rotatable bonds is 7. The molecule has 0 atom stereocenters. The van der Waals surface area contributed by atoms with Crippen molar-refractivity contribution in [3.05, 3.63) is 284 Å². The van der Waals surface area contributed by atoms with Crippen LogP contribution >= 0.6 is 22.7 Å². The second-order valence-electron chi connectivity index (χ2n) is 24.2. The molecule has 13 aromatic carbocycles. The molecular formula is C81H53BN4S2. The summed E-state index contributed by atoms with van der Waals surface area (Å²) in [6.07, 6.45) is 0. The van der Waals surface area contributed by atoms with Gasteiger partial charge in [-0.05, 0) is 142 Å². The van der Waals surface area contributed by atoms with E-state index in [9.17, 15) is 0 Å². The average molecular weight is 1160 g/mol. The lowest BCUT2D eigenvalue weighted by molar-refractivity contribution is 1.17. The van der Waals surface area contributed by atoms with Crippen LogP contribution in [0.3, 0.4) is 0 Å². The van der Waals surface area contributed by atoms with E-state index < -0.39 is 0 Å². The number of para-hydroxylation sites is 4. The molecule has 0 amide bonds. The number of hydrogen-bond acceptors (Lipinski definition) is 2. The van der Waals surface area contributed by atoms with E-state index in [0.29, 0.717) is 0 Å². The Balaban J connectivity index is 0.810. The first-order chi connectivity index (χ1) is 43.4. The maximum atomic E-state index is 2.52. The highest BCUT2D eigenvalue weighted by molar-refractivity contribution is 7.26. The maximum Gasteiger partial charge on any atom is 0.242 e. The number of aromatic nitrogens is 4. The molecule has 0 aliphatic carbocycles. The quantitative estimate of drug-likeness (QED) is 0.142. The Labute approximate surface area is 515 Å². The minimum atomic E-state index is -0.0867. The van der Waals surface area contributed by atoms with Crippen molar-refractivity contribution >= 4 is 173 Å². The minimum absolute atomic E-state index is 0.0867. The van der Waals surface area contributed by atoms with Gasteiger partial charge in [0.15, 0.2) is 0 Å². The smallest absolute Gasteiger partial charge is 0.242 e. The molecule has 0 saturated heterocycles. The average Bonchev–Trinajstić information content (AvgIpc) is 2.09. The summed E-state index contributed by atoms with van der Waals surface area (Å²) in [6.45, 7) is 6.75. The SMILES string of the molecule is Cc1cc(C)c(B(c2cccc(-n3c4ccccc4c4cc5c6ccccc6n(-c6ccc7sc8ccccc8c7c6)c5cc43)c2)c2cccc(-n3c4ccccc4c4cc5c6ccccc6n(-c6ccc7sc8ccccc8c7c6)c5cc43)c2)c(C)c1. The molecule has 4 nitrogen and oxygen atoms in total. The second-order valence-corrected chi connectivity index (χ2v) is 26.3. The van der Waals surface area contributed by atoms with Gasteiger partial charge in [-0.25, -0.2) is 0 Å². The van der Waals surface area contributed by atoms with Gasteiger partial charge in [0, 0.05) is 106 Å². The van der Waals surface area contributed by atoms with Gasteiger partial charge in [-0.2, -0.15) is 0 Å². The van der Waals surface area contributed by atoms with E-state index in [2.05, 4.69) is 306 Å². The number of thiophene rings is 2. The largest absolute Gasteiger partial charge is 0.309 e. The number of hydrogen-bond donors (Lipinski definition) is 0. The lowest BCUT2D eigenvalue weighted by Gasteiger charge is -2.23. The van der Waals surface area contributed by atoms with E-state index in [1.54, 1.807) is 0 Å².